The molecule has 1 aliphatic carbocycles. The third-order valence-electron chi connectivity index (χ3n) is 4.26. The Bertz CT molecular complexity index is 566. The molecule has 0 aliphatic heterocycles. The largest absolute Gasteiger partial charge is 0.347 e. The Balaban J connectivity index is 2.30. The Kier molecular flexibility index (Phi) is 4.77. The number of halogens is 3. The topological polar surface area (TPSA) is 39.1 Å². The van der Waals surface area contributed by atoms with Crippen LogP contribution < -0.4 is 0 Å². The second kappa shape index (κ2) is 5.94. The molecule has 1 heterocycles. The number of rotatable bonds is 3. The van der Waals surface area contributed by atoms with Crippen molar-refractivity contribution < 1.29 is 9.59 Å². The molecule has 0 radical (unpaired) electrons. The van der Waals surface area contributed by atoms with E-state index >= 15 is 0 Å². The molecule has 1 fully saturated rings. The van der Waals surface area contributed by atoms with Gasteiger partial charge >= 0.3 is 0 Å². The van der Waals surface area contributed by atoms with Crippen molar-refractivity contribution in [2.75, 3.05) is 0 Å². The van der Waals surface area contributed by atoms with E-state index in [2.05, 4.69) is 0 Å². The molecule has 0 aromatic carbocycles. The van der Waals surface area contributed by atoms with Crippen molar-refractivity contribution in [1.29, 1.82) is 0 Å². The SMILES string of the molecule is Cn1cc(C(=O)C2(C)CCCCC2)cc1C(=O)C(Cl)(Cl)Cl. The zero-order valence-corrected chi connectivity index (χ0v) is 14.4. The van der Waals surface area contributed by atoms with Gasteiger partial charge in [-0.15, -0.1) is 0 Å². The molecule has 0 N–H and O–H groups in total. The maximum absolute atomic E-state index is 12.7. The molecule has 1 aromatic heterocycles. The van der Waals surface area contributed by atoms with Crippen molar-refractivity contribution >= 4 is 46.4 Å². The molecule has 0 saturated heterocycles. The van der Waals surface area contributed by atoms with Gasteiger partial charge in [-0.1, -0.05) is 61.0 Å². The van der Waals surface area contributed by atoms with Crippen molar-refractivity contribution in [3.05, 3.63) is 23.5 Å². The Morgan fingerprint density at radius 1 is 1.19 bits per heavy atom. The first kappa shape index (κ1) is 16.9. The monoisotopic (exact) mass is 349 g/mol. The van der Waals surface area contributed by atoms with E-state index in [4.69, 9.17) is 34.8 Å². The van der Waals surface area contributed by atoms with Gasteiger partial charge in [-0.2, -0.15) is 0 Å². The van der Waals surface area contributed by atoms with Gasteiger partial charge in [0.2, 0.25) is 5.78 Å². The van der Waals surface area contributed by atoms with E-state index in [0.29, 0.717) is 5.56 Å². The number of ketones is 2. The number of alkyl halides is 3. The summed E-state index contributed by atoms with van der Waals surface area (Å²) in [7, 11) is 1.67. The van der Waals surface area contributed by atoms with Gasteiger partial charge in [-0.25, -0.2) is 0 Å². The lowest BCUT2D eigenvalue weighted by Crippen LogP contribution is -2.30. The summed E-state index contributed by atoms with van der Waals surface area (Å²) in [4.78, 5) is 24.8. The van der Waals surface area contributed by atoms with Crippen LogP contribution in [-0.4, -0.2) is 19.9 Å². The van der Waals surface area contributed by atoms with E-state index in [-0.39, 0.29) is 16.9 Å². The van der Waals surface area contributed by atoms with Crippen molar-refractivity contribution in [1.82, 2.24) is 4.57 Å². The molecule has 3 nitrogen and oxygen atoms in total. The minimum atomic E-state index is -2.01. The normalized spacial score (nSPS) is 18.5. The van der Waals surface area contributed by atoms with Crippen LogP contribution in [0.5, 0.6) is 0 Å². The number of nitrogens with zero attached hydrogens (tertiary/aromatic N) is 1. The highest BCUT2D eigenvalue weighted by Crippen LogP contribution is 2.39. The first-order valence-corrected chi connectivity index (χ1v) is 8.11. The lowest BCUT2D eigenvalue weighted by Gasteiger charge is -2.31. The van der Waals surface area contributed by atoms with E-state index in [1.807, 2.05) is 6.92 Å². The molecule has 0 amide bonds. The minimum absolute atomic E-state index is 0.0705. The predicted octanol–water partition coefficient (Wildman–Crippen LogP) is 4.73. The average Bonchev–Trinajstić information content (AvgIpc) is 2.78. The summed E-state index contributed by atoms with van der Waals surface area (Å²) in [6.07, 6.45) is 6.72. The summed E-state index contributed by atoms with van der Waals surface area (Å²) in [6.45, 7) is 2.00. The summed E-state index contributed by atoms with van der Waals surface area (Å²) in [5.41, 5.74) is 0.400. The quantitative estimate of drug-likeness (QED) is 0.584. The average molecular weight is 351 g/mol. The number of carbonyl (C=O) groups is 2. The van der Waals surface area contributed by atoms with Crippen molar-refractivity contribution in [2.24, 2.45) is 12.5 Å². The fourth-order valence-electron chi connectivity index (χ4n) is 2.97. The van der Waals surface area contributed by atoms with Crippen molar-refractivity contribution in [3.8, 4) is 0 Å². The smallest absolute Gasteiger partial charge is 0.255 e. The van der Waals surface area contributed by atoms with Crippen molar-refractivity contribution in [3.63, 3.8) is 0 Å². The molecule has 0 bridgehead atoms. The summed E-state index contributed by atoms with van der Waals surface area (Å²) in [6, 6.07) is 1.53. The minimum Gasteiger partial charge on any atom is -0.347 e. The van der Waals surface area contributed by atoms with Gasteiger partial charge < -0.3 is 4.57 Å². The van der Waals surface area contributed by atoms with Crippen LogP contribution in [0.3, 0.4) is 0 Å². The summed E-state index contributed by atoms with van der Waals surface area (Å²) in [5.74, 6) is -0.552. The van der Waals surface area contributed by atoms with Gasteiger partial charge in [-0.05, 0) is 18.9 Å². The first-order chi connectivity index (χ1) is 9.65. The fourth-order valence-corrected chi connectivity index (χ4v) is 3.26. The summed E-state index contributed by atoms with van der Waals surface area (Å²) in [5, 5.41) is 0. The lowest BCUT2D eigenvalue weighted by atomic mass is 9.71. The number of hydrogen-bond acceptors (Lipinski definition) is 2. The molecule has 0 atom stereocenters. The molecule has 6 heteroatoms. The lowest BCUT2D eigenvalue weighted by molar-refractivity contribution is 0.0749. The van der Waals surface area contributed by atoms with Crippen LogP contribution in [0, 0.1) is 5.41 Å². The van der Waals surface area contributed by atoms with Crippen LogP contribution in [0.15, 0.2) is 12.3 Å². The van der Waals surface area contributed by atoms with Gasteiger partial charge in [-0.3, -0.25) is 9.59 Å². The van der Waals surface area contributed by atoms with Gasteiger partial charge in [0.05, 0.1) is 5.69 Å². The third-order valence-corrected chi connectivity index (χ3v) is 4.78. The fraction of sp³-hybridized carbons (Fsp3) is 0.600. The molecule has 21 heavy (non-hydrogen) atoms. The summed E-state index contributed by atoms with van der Waals surface area (Å²) >= 11 is 16.9. The van der Waals surface area contributed by atoms with Crippen LogP contribution in [-0.2, 0) is 7.05 Å². The first-order valence-electron chi connectivity index (χ1n) is 6.98. The van der Waals surface area contributed by atoms with Crippen LogP contribution in [0.25, 0.3) is 0 Å². The van der Waals surface area contributed by atoms with Crippen LogP contribution >= 0.6 is 34.8 Å². The zero-order valence-electron chi connectivity index (χ0n) is 12.1. The summed E-state index contributed by atoms with van der Waals surface area (Å²) < 4.78 is -0.467. The third kappa shape index (κ3) is 3.46. The highest BCUT2D eigenvalue weighted by molar-refractivity contribution is 6.77. The molecule has 0 spiro atoms. The number of carbonyl (C=O) groups excluding carboxylic acids is 2. The van der Waals surface area contributed by atoms with Crippen molar-refractivity contribution in [2.45, 2.75) is 42.8 Å². The Hall–Kier alpha value is -0.510. The maximum atomic E-state index is 12.7. The molecule has 1 aromatic rings. The number of Topliss-reactive ketones (excluding diaryl/α,β-unsaturated/α-hetero) is 2. The zero-order chi connectivity index (χ0) is 15.8. The molecule has 2 rings (SSSR count). The predicted molar refractivity (Wildman–Crippen MR) is 85.6 cm³/mol. The second-order valence-corrected chi connectivity index (χ2v) is 8.28. The number of aromatic nitrogens is 1. The van der Waals surface area contributed by atoms with Crippen LogP contribution in [0.4, 0.5) is 0 Å². The molecule has 1 saturated carbocycles. The van der Waals surface area contributed by atoms with Gasteiger partial charge in [0, 0.05) is 24.2 Å². The van der Waals surface area contributed by atoms with Gasteiger partial charge in [0.15, 0.2) is 5.78 Å². The maximum Gasteiger partial charge on any atom is 0.255 e. The second-order valence-electron chi connectivity index (χ2n) is 6.00. The highest BCUT2D eigenvalue weighted by atomic mass is 35.6. The number of aryl methyl sites for hydroxylation is 1. The standard InChI is InChI=1S/C15H18Cl3NO2/c1-14(6-4-3-5-7-14)12(20)10-8-11(19(2)9-10)13(21)15(16,17)18/h8-9H,3-7H2,1-2H3. The highest BCUT2D eigenvalue weighted by Gasteiger charge is 2.38. The van der Waals surface area contributed by atoms with Crippen LogP contribution in [0.1, 0.15) is 59.9 Å². The van der Waals surface area contributed by atoms with E-state index in [1.54, 1.807) is 17.8 Å². The van der Waals surface area contributed by atoms with Crippen LogP contribution in [0.2, 0.25) is 0 Å². The van der Waals surface area contributed by atoms with Gasteiger partial charge in [0.25, 0.3) is 3.79 Å². The van der Waals surface area contributed by atoms with Gasteiger partial charge in [0.1, 0.15) is 0 Å². The molecular formula is C15H18Cl3NO2. The Morgan fingerprint density at radius 3 is 2.29 bits per heavy atom. The Morgan fingerprint density at radius 2 is 1.76 bits per heavy atom. The molecule has 116 valence electrons. The van der Waals surface area contributed by atoms with E-state index in [9.17, 15) is 9.59 Å². The van der Waals surface area contributed by atoms with E-state index in [0.717, 1.165) is 25.7 Å². The molecule has 1 aliphatic rings. The molecular weight excluding hydrogens is 333 g/mol. The van der Waals surface area contributed by atoms with E-state index < -0.39 is 9.58 Å². The Labute approximate surface area is 139 Å². The number of hydrogen-bond donors (Lipinski definition) is 0. The molecule has 0 unspecified atom stereocenters. The van der Waals surface area contributed by atoms with E-state index in [1.165, 1.54) is 12.5 Å².